The van der Waals surface area contributed by atoms with Crippen molar-refractivity contribution >= 4 is 0 Å². The van der Waals surface area contributed by atoms with Crippen molar-refractivity contribution in [2.75, 3.05) is 6.61 Å². The molecule has 1 aromatic rings. The summed E-state index contributed by atoms with van der Waals surface area (Å²) in [6, 6.07) is 0. The zero-order chi connectivity index (χ0) is 11.8. The van der Waals surface area contributed by atoms with Gasteiger partial charge in [-0.25, -0.2) is 8.78 Å². The van der Waals surface area contributed by atoms with Crippen molar-refractivity contribution in [3.8, 4) is 0 Å². The normalized spacial score (nSPS) is 20.1. The summed E-state index contributed by atoms with van der Waals surface area (Å²) in [6.45, 7) is 1.96. The lowest BCUT2D eigenvalue weighted by molar-refractivity contribution is -0.104. The molecule has 1 aromatic heterocycles. The predicted octanol–water partition coefficient (Wildman–Crippen LogP) is 1.39. The van der Waals surface area contributed by atoms with Gasteiger partial charge in [-0.15, -0.1) is 0 Å². The first-order valence-electron chi connectivity index (χ1n) is 5.02. The maximum atomic E-state index is 12.7. The number of aliphatic hydroxyl groups is 1. The molecule has 0 bridgehead atoms. The van der Waals surface area contributed by atoms with Gasteiger partial charge < -0.3 is 14.4 Å². The van der Waals surface area contributed by atoms with Gasteiger partial charge in [0.2, 0.25) is 18.0 Å². The van der Waals surface area contributed by atoms with Gasteiger partial charge in [-0.05, 0) is 19.8 Å². The molecule has 90 valence electrons. The molecule has 1 aliphatic carbocycles. The highest BCUT2D eigenvalue weighted by atomic mass is 19.3. The van der Waals surface area contributed by atoms with Gasteiger partial charge in [0.05, 0.1) is 0 Å². The molecule has 1 aliphatic rings. The number of hydrogen-bond acceptors (Lipinski definition) is 5. The Kier molecular flexibility index (Phi) is 2.90. The first kappa shape index (κ1) is 11.4. The van der Waals surface area contributed by atoms with Crippen molar-refractivity contribution in [3.05, 3.63) is 11.7 Å². The number of hydrogen-bond donors (Lipinski definition) is 1. The summed E-state index contributed by atoms with van der Waals surface area (Å²) in [5.41, 5.74) is -1.29. The molecule has 7 heteroatoms. The number of nitrogens with zero attached hydrogens (tertiary/aromatic N) is 2. The molecular formula is C9H12F2N2O3. The molecule has 0 spiro atoms. The molecule has 0 aliphatic heterocycles. The average molecular weight is 234 g/mol. The van der Waals surface area contributed by atoms with Crippen LogP contribution in [0.2, 0.25) is 0 Å². The fourth-order valence-electron chi connectivity index (χ4n) is 1.43. The van der Waals surface area contributed by atoms with Gasteiger partial charge >= 0.3 is 0 Å². The van der Waals surface area contributed by atoms with Gasteiger partial charge in [-0.3, -0.25) is 0 Å². The van der Waals surface area contributed by atoms with Crippen LogP contribution in [0.25, 0.3) is 0 Å². The van der Waals surface area contributed by atoms with Crippen LogP contribution in [0, 0.1) is 0 Å². The van der Waals surface area contributed by atoms with E-state index < -0.39 is 18.1 Å². The van der Waals surface area contributed by atoms with Crippen LogP contribution in [0.3, 0.4) is 0 Å². The third kappa shape index (κ3) is 1.80. The van der Waals surface area contributed by atoms with Gasteiger partial charge in [0.1, 0.15) is 5.41 Å². The van der Waals surface area contributed by atoms with Gasteiger partial charge in [0, 0.05) is 6.61 Å². The van der Waals surface area contributed by atoms with E-state index in [1.807, 2.05) is 0 Å². The number of aliphatic hydroxyl groups excluding tert-OH is 1. The van der Waals surface area contributed by atoms with Crippen LogP contribution in [-0.2, 0) is 10.2 Å². The van der Waals surface area contributed by atoms with Crippen LogP contribution < -0.4 is 0 Å². The highest BCUT2D eigenvalue weighted by Gasteiger charge is 2.57. The quantitative estimate of drug-likeness (QED) is 0.780. The Hall–Kier alpha value is -1.08. The number of halogens is 2. The maximum Gasteiger partial charge on any atom is 0.252 e. The van der Waals surface area contributed by atoms with Gasteiger partial charge in [0.25, 0.3) is 6.43 Å². The Labute approximate surface area is 90.4 Å². The Morgan fingerprint density at radius 1 is 1.56 bits per heavy atom. The molecule has 1 fully saturated rings. The fourth-order valence-corrected chi connectivity index (χ4v) is 1.43. The van der Waals surface area contributed by atoms with Crippen LogP contribution in [-0.4, -0.2) is 28.3 Å². The van der Waals surface area contributed by atoms with Crippen LogP contribution in [0.4, 0.5) is 8.78 Å². The van der Waals surface area contributed by atoms with E-state index in [-0.39, 0.29) is 18.3 Å². The summed E-state index contributed by atoms with van der Waals surface area (Å²) in [5, 5.41) is 12.8. The summed E-state index contributed by atoms with van der Waals surface area (Å²) in [7, 11) is 0. The molecule has 5 nitrogen and oxygen atoms in total. The van der Waals surface area contributed by atoms with Gasteiger partial charge in [0.15, 0.2) is 0 Å². The molecule has 2 rings (SSSR count). The van der Waals surface area contributed by atoms with Crippen LogP contribution >= 0.6 is 0 Å². The molecule has 16 heavy (non-hydrogen) atoms. The molecule has 0 radical (unpaired) electrons. The Bertz CT molecular complexity index is 365. The second kappa shape index (κ2) is 4.06. The van der Waals surface area contributed by atoms with Crippen LogP contribution in [0.15, 0.2) is 4.52 Å². The minimum absolute atomic E-state index is 0.108. The van der Waals surface area contributed by atoms with E-state index in [4.69, 9.17) is 9.26 Å². The first-order valence-corrected chi connectivity index (χ1v) is 5.02. The summed E-state index contributed by atoms with van der Waals surface area (Å²) in [5.74, 6) is -0.222. The zero-order valence-corrected chi connectivity index (χ0v) is 8.69. The average Bonchev–Trinajstić information content (AvgIpc) is 2.91. The lowest BCUT2D eigenvalue weighted by Crippen LogP contribution is -2.18. The van der Waals surface area contributed by atoms with E-state index in [2.05, 4.69) is 10.1 Å². The molecule has 0 saturated heterocycles. The first-order chi connectivity index (χ1) is 7.60. The van der Waals surface area contributed by atoms with Crippen molar-refractivity contribution in [3.63, 3.8) is 0 Å². The molecule has 1 N–H and O–H groups in total. The summed E-state index contributed by atoms with van der Waals surface area (Å²) < 4.78 is 35.0. The maximum absolute atomic E-state index is 12.7. The van der Waals surface area contributed by atoms with Crippen molar-refractivity contribution in [2.24, 2.45) is 0 Å². The fraction of sp³-hybridized carbons (Fsp3) is 0.778. The second-order valence-electron chi connectivity index (χ2n) is 3.72. The van der Waals surface area contributed by atoms with Crippen molar-refractivity contribution in [1.29, 1.82) is 0 Å². The Morgan fingerprint density at radius 3 is 2.75 bits per heavy atom. The number of aromatic nitrogens is 2. The van der Waals surface area contributed by atoms with Crippen LogP contribution in [0.1, 0.15) is 37.8 Å². The van der Waals surface area contributed by atoms with Gasteiger partial charge in [-0.2, -0.15) is 4.98 Å². The summed E-state index contributed by atoms with van der Waals surface area (Å²) in [6.07, 6.45) is -3.19. The minimum Gasteiger partial charge on any atom is -0.362 e. The Morgan fingerprint density at radius 2 is 2.25 bits per heavy atom. The number of rotatable bonds is 5. The van der Waals surface area contributed by atoms with Crippen molar-refractivity contribution in [1.82, 2.24) is 10.1 Å². The van der Waals surface area contributed by atoms with E-state index in [1.54, 1.807) is 6.92 Å². The van der Waals surface area contributed by atoms with E-state index in [1.165, 1.54) is 0 Å². The Balaban J connectivity index is 2.14. The standard InChI is InChI=1S/C9H12F2N2O3/c1-2-15-6(14)5-12-8(16-13-5)9(3-4-9)7(10)11/h6-7,14H,2-4H2,1H3. The molecule has 1 unspecified atom stereocenters. The highest BCUT2D eigenvalue weighted by molar-refractivity contribution is 5.17. The van der Waals surface area contributed by atoms with Crippen LogP contribution in [0.5, 0.6) is 0 Å². The van der Waals surface area contributed by atoms with E-state index in [0.29, 0.717) is 12.8 Å². The topological polar surface area (TPSA) is 68.4 Å². The SMILES string of the molecule is CCOC(O)c1noc(C2(C(F)F)CC2)n1. The number of alkyl halides is 2. The lowest BCUT2D eigenvalue weighted by atomic mass is 10.1. The molecule has 1 atom stereocenters. The molecule has 0 amide bonds. The van der Waals surface area contributed by atoms with Crippen molar-refractivity contribution in [2.45, 2.75) is 37.9 Å². The summed E-state index contributed by atoms with van der Waals surface area (Å²) in [4.78, 5) is 3.75. The van der Waals surface area contributed by atoms with Gasteiger partial charge in [-0.1, -0.05) is 5.16 Å². The van der Waals surface area contributed by atoms with E-state index in [9.17, 15) is 13.9 Å². The predicted molar refractivity (Wildman–Crippen MR) is 47.8 cm³/mol. The third-order valence-corrected chi connectivity index (χ3v) is 2.62. The molecule has 0 aromatic carbocycles. The summed E-state index contributed by atoms with van der Waals surface area (Å²) >= 11 is 0. The van der Waals surface area contributed by atoms with E-state index >= 15 is 0 Å². The second-order valence-corrected chi connectivity index (χ2v) is 3.72. The highest BCUT2D eigenvalue weighted by Crippen LogP contribution is 2.52. The molecule has 1 saturated carbocycles. The molecule has 1 heterocycles. The van der Waals surface area contributed by atoms with Crippen molar-refractivity contribution < 1.29 is 23.1 Å². The lowest BCUT2D eigenvalue weighted by Gasteiger charge is -2.07. The monoisotopic (exact) mass is 234 g/mol. The van der Waals surface area contributed by atoms with E-state index in [0.717, 1.165) is 0 Å². The smallest absolute Gasteiger partial charge is 0.252 e. The molecular weight excluding hydrogens is 222 g/mol. The number of ether oxygens (including phenoxy) is 1. The largest absolute Gasteiger partial charge is 0.362 e. The zero-order valence-electron chi connectivity index (χ0n) is 8.69. The minimum atomic E-state index is -2.52. The third-order valence-electron chi connectivity index (χ3n) is 2.62.